The van der Waals surface area contributed by atoms with Gasteiger partial charge in [-0.05, 0) is 17.3 Å². The topological polar surface area (TPSA) is 51.1 Å². The normalized spacial score (nSPS) is 10.1. The fourth-order valence-corrected chi connectivity index (χ4v) is 2.13. The van der Waals surface area contributed by atoms with Crippen molar-refractivity contribution in [3.8, 4) is 5.75 Å². The molecule has 0 atom stereocenters. The Balaban J connectivity index is 2.92. The van der Waals surface area contributed by atoms with Gasteiger partial charge in [-0.2, -0.15) is 0 Å². The molecule has 0 bridgehead atoms. The minimum atomic E-state index is 0.316. The highest BCUT2D eigenvalue weighted by molar-refractivity contribution is 14.1. The van der Waals surface area contributed by atoms with Gasteiger partial charge in [-0.25, -0.2) is 0 Å². The molecule has 6 heteroatoms. The lowest BCUT2D eigenvalue weighted by molar-refractivity contribution is 0.206. The maximum atomic E-state index is 10.5. The fourth-order valence-electron chi connectivity index (χ4n) is 1.40. The molecule has 1 rings (SSSR count). The first-order valence-electron chi connectivity index (χ1n) is 5.08. The van der Waals surface area contributed by atoms with Gasteiger partial charge in [0.1, 0.15) is 11.4 Å². The Morgan fingerprint density at radius 1 is 1.41 bits per heavy atom. The Morgan fingerprint density at radius 2 is 2.18 bits per heavy atom. The van der Waals surface area contributed by atoms with Gasteiger partial charge in [0.25, 0.3) is 0 Å². The van der Waals surface area contributed by atoms with E-state index in [0.29, 0.717) is 18.0 Å². The number of ether oxygens (including phenoxy) is 2. The summed E-state index contributed by atoms with van der Waals surface area (Å²) in [5, 5.41) is 2.91. The number of rotatable bonds is 7. The highest BCUT2D eigenvalue weighted by Crippen LogP contribution is 2.31. The van der Waals surface area contributed by atoms with Crippen LogP contribution in [0.15, 0.2) is 23.4 Å². The van der Waals surface area contributed by atoms with Crippen LogP contribution in [-0.4, -0.2) is 31.9 Å². The van der Waals surface area contributed by atoms with E-state index < -0.39 is 0 Å². The van der Waals surface area contributed by atoms with Crippen LogP contribution < -0.4 is 9.64 Å². The second-order valence-electron chi connectivity index (χ2n) is 3.32. The molecule has 0 spiro atoms. The summed E-state index contributed by atoms with van der Waals surface area (Å²) in [6.07, 6.45) is 0. The van der Waals surface area contributed by atoms with Crippen molar-refractivity contribution in [1.82, 2.24) is 0 Å². The lowest BCUT2D eigenvalue weighted by atomic mass is 10.2. The van der Waals surface area contributed by atoms with Gasteiger partial charge >= 0.3 is 0 Å². The summed E-state index contributed by atoms with van der Waals surface area (Å²) >= 11 is 2.28. The van der Waals surface area contributed by atoms with Gasteiger partial charge in [0.15, 0.2) is 0 Å². The van der Waals surface area contributed by atoms with Crippen LogP contribution in [0.4, 0.5) is 11.4 Å². The largest absolute Gasteiger partial charge is 0.494 e. The summed E-state index contributed by atoms with van der Waals surface area (Å²) < 4.78 is 11.0. The Hall–Kier alpha value is -0.890. The van der Waals surface area contributed by atoms with Gasteiger partial charge in [-0.15, -0.1) is 4.91 Å². The third kappa shape index (κ3) is 3.81. The number of hydrogen-bond acceptors (Lipinski definition) is 5. The minimum absolute atomic E-state index is 0.316. The van der Waals surface area contributed by atoms with Crippen LogP contribution in [0.2, 0.25) is 0 Å². The van der Waals surface area contributed by atoms with Crippen LogP contribution in [0.25, 0.3) is 0 Å². The monoisotopic (exact) mass is 350 g/mol. The molecule has 0 amide bonds. The third-order valence-corrected chi connectivity index (χ3v) is 3.16. The maximum absolute atomic E-state index is 10.5. The summed E-state index contributed by atoms with van der Waals surface area (Å²) in [5.74, 6) is 0.491. The van der Waals surface area contributed by atoms with Crippen LogP contribution in [0, 0.1) is 4.91 Å². The second-order valence-corrected chi connectivity index (χ2v) is 4.01. The molecule has 0 heterocycles. The predicted molar refractivity (Wildman–Crippen MR) is 76.6 cm³/mol. The summed E-state index contributed by atoms with van der Waals surface area (Å²) in [6, 6.07) is 5.33. The molecule has 0 aliphatic rings. The van der Waals surface area contributed by atoms with E-state index in [4.69, 9.17) is 9.47 Å². The molecule has 0 aliphatic carbocycles. The minimum Gasteiger partial charge on any atom is -0.494 e. The van der Waals surface area contributed by atoms with E-state index in [0.717, 1.165) is 16.8 Å². The number of methoxy groups -OCH3 is 2. The van der Waals surface area contributed by atoms with Gasteiger partial charge < -0.3 is 14.4 Å². The van der Waals surface area contributed by atoms with Gasteiger partial charge in [-0.3, -0.25) is 0 Å². The quantitative estimate of drug-likeness (QED) is 0.328. The molecule has 0 saturated heterocycles. The SMILES string of the molecule is COCCN(CI)c1ccc(N=O)c(OC)c1. The van der Waals surface area contributed by atoms with E-state index in [1.165, 1.54) is 7.11 Å². The molecule has 1 aromatic carbocycles. The lowest BCUT2D eigenvalue weighted by Crippen LogP contribution is -2.25. The van der Waals surface area contributed by atoms with Crippen molar-refractivity contribution in [1.29, 1.82) is 0 Å². The average molecular weight is 350 g/mol. The van der Waals surface area contributed by atoms with Crippen molar-refractivity contribution in [2.45, 2.75) is 0 Å². The third-order valence-electron chi connectivity index (χ3n) is 2.34. The molecule has 17 heavy (non-hydrogen) atoms. The van der Waals surface area contributed by atoms with Crippen molar-refractivity contribution in [2.75, 3.05) is 36.8 Å². The molecule has 0 aliphatic heterocycles. The molecule has 0 aromatic heterocycles. The lowest BCUT2D eigenvalue weighted by Gasteiger charge is -2.22. The van der Waals surface area contributed by atoms with Crippen molar-refractivity contribution < 1.29 is 9.47 Å². The molecule has 5 nitrogen and oxygen atoms in total. The predicted octanol–water partition coefficient (Wildman–Crippen LogP) is 2.94. The first kappa shape index (κ1) is 14.2. The van der Waals surface area contributed by atoms with Crippen LogP contribution in [0.3, 0.4) is 0 Å². The molecular weight excluding hydrogens is 335 g/mol. The van der Waals surface area contributed by atoms with Gasteiger partial charge in [0, 0.05) is 25.4 Å². The zero-order valence-corrected chi connectivity index (χ0v) is 12.0. The number of nitrogens with zero attached hydrogens (tertiary/aromatic N) is 2. The average Bonchev–Trinajstić information content (AvgIpc) is 2.39. The first-order chi connectivity index (χ1) is 8.26. The van der Waals surface area contributed by atoms with Gasteiger partial charge in [0.05, 0.1) is 18.3 Å². The Labute approximate surface area is 114 Å². The molecule has 0 radical (unpaired) electrons. The second kappa shape index (κ2) is 7.44. The zero-order chi connectivity index (χ0) is 12.7. The standard InChI is InChI=1S/C11H15IN2O3/c1-16-6-5-14(8-12)9-3-4-10(13-15)11(7-9)17-2/h3-4,7H,5-6,8H2,1-2H3. The molecule has 94 valence electrons. The summed E-state index contributed by atoms with van der Waals surface area (Å²) in [4.78, 5) is 12.7. The highest BCUT2D eigenvalue weighted by atomic mass is 127. The molecule has 0 unspecified atom stereocenters. The van der Waals surface area contributed by atoms with E-state index in [1.54, 1.807) is 13.2 Å². The number of anilines is 1. The number of alkyl halides is 1. The van der Waals surface area contributed by atoms with Crippen molar-refractivity contribution in [3.05, 3.63) is 23.1 Å². The van der Waals surface area contributed by atoms with Crippen LogP contribution >= 0.6 is 22.6 Å². The zero-order valence-electron chi connectivity index (χ0n) is 9.85. The van der Waals surface area contributed by atoms with E-state index in [1.807, 2.05) is 12.1 Å². The molecule has 0 fully saturated rings. The van der Waals surface area contributed by atoms with Crippen molar-refractivity contribution in [3.63, 3.8) is 0 Å². The molecule has 0 saturated carbocycles. The maximum Gasteiger partial charge on any atom is 0.150 e. The van der Waals surface area contributed by atoms with E-state index in [9.17, 15) is 4.91 Å². The van der Waals surface area contributed by atoms with Gasteiger partial charge in [0.2, 0.25) is 0 Å². The highest BCUT2D eigenvalue weighted by Gasteiger charge is 2.09. The van der Waals surface area contributed by atoms with E-state index in [-0.39, 0.29) is 0 Å². The van der Waals surface area contributed by atoms with Crippen LogP contribution in [-0.2, 0) is 4.74 Å². The Bertz CT molecular complexity index is 374. The number of halogens is 1. The molecule has 0 N–H and O–H groups in total. The number of benzene rings is 1. The van der Waals surface area contributed by atoms with Gasteiger partial charge in [-0.1, -0.05) is 22.6 Å². The van der Waals surface area contributed by atoms with E-state index >= 15 is 0 Å². The first-order valence-corrected chi connectivity index (χ1v) is 6.60. The number of hydrogen-bond donors (Lipinski definition) is 0. The van der Waals surface area contributed by atoms with Crippen LogP contribution in [0.1, 0.15) is 0 Å². The Kier molecular flexibility index (Phi) is 6.20. The van der Waals surface area contributed by atoms with Crippen molar-refractivity contribution >= 4 is 34.0 Å². The smallest absolute Gasteiger partial charge is 0.150 e. The summed E-state index contributed by atoms with van der Waals surface area (Å²) in [6.45, 7) is 1.44. The van der Waals surface area contributed by atoms with Crippen molar-refractivity contribution in [2.24, 2.45) is 5.18 Å². The van der Waals surface area contributed by atoms with Crippen LogP contribution in [0.5, 0.6) is 5.75 Å². The Morgan fingerprint density at radius 3 is 2.71 bits per heavy atom. The molecular formula is C11H15IN2O3. The summed E-state index contributed by atoms with van der Waals surface area (Å²) in [5.41, 5.74) is 1.30. The molecule has 1 aromatic rings. The van der Waals surface area contributed by atoms with E-state index in [2.05, 4.69) is 32.7 Å². The number of nitroso groups, excluding NO2 is 1. The fraction of sp³-hybridized carbons (Fsp3) is 0.455. The summed E-state index contributed by atoms with van der Waals surface area (Å²) in [7, 11) is 3.20.